The van der Waals surface area contributed by atoms with Gasteiger partial charge in [-0.1, -0.05) is 0 Å². The zero-order valence-corrected chi connectivity index (χ0v) is 10.8. The molecule has 1 heterocycles. The molecule has 1 aliphatic carbocycles. The lowest BCUT2D eigenvalue weighted by Crippen LogP contribution is -2.52. The predicted octanol–water partition coefficient (Wildman–Crippen LogP) is 3.01. The first kappa shape index (κ1) is 11.4. The third kappa shape index (κ3) is 2.35. The monoisotopic (exact) mass is 244 g/mol. The summed E-state index contributed by atoms with van der Waals surface area (Å²) in [6.45, 7) is 5.05. The van der Waals surface area contributed by atoms with Gasteiger partial charge >= 0.3 is 0 Å². The normalized spacial score (nSPS) is 18.9. The molecule has 0 spiro atoms. The Hall–Kier alpha value is -0.120. The van der Waals surface area contributed by atoms with Crippen molar-refractivity contribution in [2.24, 2.45) is 0 Å². The van der Waals surface area contributed by atoms with Crippen LogP contribution in [0.15, 0.2) is 0 Å². The fraction of sp³-hybridized carbons (Fsp3) is 0.727. The second-order valence-electron chi connectivity index (χ2n) is 4.37. The number of alkyl halides is 1. The number of aryl methyl sites for hydroxylation is 2. The highest BCUT2D eigenvalue weighted by atomic mass is 35.5. The van der Waals surface area contributed by atoms with E-state index in [9.17, 15) is 0 Å². The topological polar surface area (TPSA) is 24.9 Å². The van der Waals surface area contributed by atoms with Gasteiger partial charge in [-0.2, -0.15) is 0 Å². The number of thiazole rings is 1. The second kappa shape index (κ2) is 4.40. The minimum atomic E-state index is 0.203. The SMILES string of the molecule is Cc1nc(CNC2(CCl)CCC2)sc1C. The molecule has 0 saturated heterocycles. The van der Waals surface area contributed by atoms with E-state index in [0.717, 1.165) is 18.1 Å². The molecule has 0 atom stereocenters. The van der Waals surface area contributed by atoms with E-state index in [-0.39, 0.29) is 5.54 Å². The summed E-state index contributed by atoms with van der Waals surface area (Å²) in [5.74, 6) is 0.719. The van der Waals surface area contributed by atoms with E-state index >= 15 is 0 Å². The van der Waals surface area contributed by atoms with Crippen molar-refractivity contribution in [2.45, 2.75) is 45.2 Å². The first-order valence-electron chi connectivity index (χ1n) is 5.39. The Balaban J connectivity index is 1.92. The largest absolute Gasteiger partial charge is 0.304 e. The first-order chi connectivity index (χ1) is 7.15. The van der Waals surface area contributed by atoms with Gasteiger partial charge in [0.25, 0.3) is 0 Å². The van der Waals surface area contributed by atoms with Crippen molar-refractivity contribution in [2.75, 3.05) is 5.88 Å². The van der Waals surface area contributed by atoms with E-state index < -0.39 is 0 Å². The summed E-state index contributed by atoms with van der Waals surface area (Å²) in [6.07, 6.45) is 3.72. The van der Waals surface area contributed by atoms with Crippen LogP contribution in [-0.2, 0) is 6.54 Å². The lowest BCUT2D eigenvalue weighted by molar-refractivity contribution is 0.211. The zero-order valence-electron chi connectivity index (χ0n) is 9.27. The van der Waals surface area contributed by atoms with Crippen LogP contribution in [0, 0.1) is 13.8 Å². The van der Waals surface area contributed by atoms with E-state index in [0.29, 0.717) is 0 Å². The van der Waals surface area contributed by atoms with E-state index in [1.807, 2.05) is 0 Å². The number of nitrogens with one attached hydrogen (secondary N) is 1. The van der Waals surface area contributed by atoms with Gasteiger partial charge in [0.15, 0.2) is 0 Å². The minimum Gasteiger partial charge on any atom is -0.304 e. The maximum absolute atomic E-state index is 5.98. The van der Waals surface area contributed by atoms with Gasteiger partial charge in [0, 0.05) is 22.8 Å². The highest BCUT2D eigenvalue weighted by molar-refractivity contribution is 7.11. The van der Waals surface area contributed by atoms with E-state index in [1.165, 1.54) is 29.1 Å². The molecule has 15 heavy (non-hydrogen) atoms. The van der Waals surface area contributed by atoms with Gasteiger partial charge < -0.3 is 5.32 Å². The van der Waals surface area contributed by atoms with Crippen LogP contribution >= 0.6 is 22.9 Å². The average Bonchev–Trinajstić information content (AvgIpc) is 2.45. The van der Waals surface area contributed by atoms with Crippen LogP contribution in [0.5, 0.6) is 0 Å². The Morgan fingerprint density at radius 1 is 1.47 bits per heavy atom. The van der Waals surface area contributed by atoms with E-state index in [1.54, 1.807) is 11.3 Å². The molecular weight excluding hydrogens is 228 g/mol. The van der Waals surface area contributed by atoms with Crippen LogP contribution < -0.4 is 5.32 Å². The number of rotatable bonds is 4. The Morgan fingerprint density at radius 3 is 2.60 bits per heavy atom. The van der Waals surface area contributed by atoms with Crippen molar-refractivity contribution in [3.8, 4) is 0 Å². The molecule has 1 aromatic heterocycles. The third-order valence-electron chi connectivity index (χ3n) is 3.25. The van der Waals surface area contributed by atoms with Crippen molar-refractivity contribution < 1.29 is 0 Å². The number of aromatic nitrogens is 1. The third-order valence-corrected chi connectivity index (χ3v) is 4.84. The fourth-order valence-electron chi connectivity index (χ4n) is 1.84. The van der Waals surface area contributed by atoms with Crippen LogP contribution in [0.4, 0.5) is 0 Å². The molecule has 0 aromatic carbocycles. The summed E-state index contributed by atoms with van der Waals surface area (Å²) in [5, 5.41) is 4.74. The van der Waals surface area contributed by atoms with Gasteiger partial charge in [-0.15, -0.1) is 22.9 Å². The molecule has 2 nitrogen and oxygen atoms in total. The maximum atomic E-state index is 5.98. The Labute approximate surface area is 100 Å². The van der Waals surface area contributed by atoms with E-state index in [4.69, 9.17) is 11.6 Å². The Kier molecular flexibility index (Phi) is 3.33. The van der Waals surface area contributed by atoms with Crippen LogP contribution in [-0.4, -0.2) is 16.4 Å². The summed E-state index contributed by atoms with van der Waals surface area (Å²) in [4.78, 5) is 5.84. The van der Waals surface area contributed by atoms with Crippen molar-refractivity contribution >= 4 is 22.9 Å². The summed E-state index contributed by atoms with van der Waals surface area (Å²) < 4.78 is 0. The maximum Gasteiger partial charge on any atom is 0.107 e. The van der Waals surface area contributed by atoms with Gasteiger partial charge in [-0.05, 0) is 33.1 Å². The molecule has 1 fully saturated rings. The molecule has 1 saturated carbocycles. The number of halogens is 1. The molecule has 84 valence electrons. The van der Waals surface area contributed by atoms with Gasteiger partial charge in [0.05, 0.1) is 5.69 Å². The molecule has 2 rings (SSSR count). The summed E-state index contributed by atoms with van der Waals surface area (Å²) in [7, 11) is 0. The number of hydrogen-bond donors (Lipinski definition) is 1. The molecule has 1 aromatic rings. The molecule has 0 aliphatic heterocycles. The standard InChI is InChI=1S/C11H17ClN2S/c1-8-9(2)15-10(14-8)6-13-11(7-12)4-3-5-11/h13H,3-7H2,1-2H3. The molecule has 1 N–H and O–H groups in total. The molecule has 1 aliphatic rings. The van der Waals surface area contributed by atoms with Gasteiger partial charge in [-0.3, -0.25) is 0 Å². The molecule has 0 radical (unpaired) electrons. The van der Waals surface area contributed by atoms with Gasteiger partial charge in [0.1, 0.15) is 5.01 Å². The zero-order chi connectivity index (χ0) is 10.9. The van der Waals surface area contributed by atoms with Crippen LogP contribution in [0.1, 0.15) is 34.8 Å². The van der Waals surface area contributed by atoms with Gasteiger partial charge in [0.2, 0.25) is 0 Å². The lowest BCUT2D eigenvalue weighted by Gasteiger charge is -2.41. The highest BCUT2D eigenvalue weighted by Gasteiger charge is 2.35. The number of hydrogen-bond acceptors (Lipinski definition) is 3. The van der Waals surface area contributed by atoms with Crippen molar-refractivity contribution in [1.82, 2.24) is 10.3 Å². The lowest BCUT2D eigenvalue weighted by atomic mass is 9.78. The van der Waals surface area contributed by atoms with Crippen LogP contribution in [0.3, 0.4) is 0 Å². The smallest absolute Gasteiger partial charge is 0.107 e. The fourth-order valence-corrected chi connectivity index (χ4v) is 3.07. The molecular formula is C11H17ClN2S. The molecule has 4 heteroatoms. The summed E-state index contributed by atoms with van der Waals surface area (Å²) in [5.41, 5.74) is 1.36. The summed E-state index contributed by atoms with van der Waals surface area (Å²) >= 11 is 7.77. The van der Waals surface area contributed by atoms with Crippen LogP contribution in [0.25, 0.3) is 0 Å². The quantitative estimate of drug-likeness (QED) is 0.824. The summed E-state index contributed by atoms with van der Waals surface area (Å²) in [6, 6.07) is 0. The van der Waals surface area contributed by atoms with E-state index in [2.05, 4.69) is 24.1 Å². The molecule has 0 unspecified atom stereocenters. The van der Waals surface area contributed by atoms with Gasteiger partial charge in [-0.25, -0.2) is 4.98 Å². The molecule has 0 bridgehead atoms. The molecule has 0 amide bonds. The van der Waals surface area contributed by atoms with Crippen molar-refractivity contribution in [1.29, 1.82) is 0 Å². The average molecular weight is 245 g/mol. The second-order valence-corrected chi connectivity index (χ2v) is 5.93. The number of nitrogens with zero attached hydrogens (tertiary/aromatic N) is 1. The Morgan fingerprint density at radius 2 is 2.20 bits per heavy atom. The highest BCUT2D eigenvalue weighted by Crippen LogP contribution is 2.33. The first-order valence-corrected chi connectivity index (χ1v) is 6.74. The Bertz CT molecular complexity index is 319. The van der Waals surface area contributed by atoms with Crippen molar-refractivity contribution in [3.05, 3.63) is 15.6 Å². The predicted molar refractivity (Wildman–Crippen MR) is 65.7 cm³/mol. The minimum absolute atomic E-state index is 0.203. The van der Waals surface area contributed by atoms with Crippen LogP contribution in [0.2, 0.25) is 0 Å². The van der Waals surface area contributed by atoms with Crippen molar-refractivity contribution in [3.63, 3.8) is 0 Å².